The third kappa shape index (κ3) is 2.78. The monoisotopic (exact) mass is 267 g/mol. The fourth-order valence-corrected chi connectivity index (χ4v) is 2.18. The van der Waals surface area contributed by atoms with E-state index in [1.54, 1.807) is 6.07 Å². The molecule has 4 heteroatoms. The summed E-state index contributed by atoms with van der Waals surface area (Å²) in [5.74, 6) is -0.833. The first-order valence-corrected chi connectivity index (χ1v) is 6.65. The first kappa shape index (κ1) is 14.0. The van der Waals surface area contributed by atoms with E-state index >= 15 is 0 Å². The average molecular weight is 267 g/mol. The molecule has 1 heterocycles. The molecule has 0 aliphatic carbocycles. The minimum atomic E-state index is -0.915. The summed E-state index contributed by atoms with van der Waals surface area (Å²) in [4.78, 5) is 0. The Morgan fingerprint density at radius 2 is 2.00 bits per heavy atom. The van der Waals surface area contributed by atoms with E-state index in [0.29, 0.717) is 17.1 Å². The Labute approximate surface area is 111 Å². The molecule has 0 spiro atoms. The summed E-state index contributed by atoms with van der Waals surface area (Å²) in [6.45, 7) is 7.07. The van der Waals surface area contributed by atoms with Crippen molar-refractivity contribution in [2.75, 3.05) is 6.54 Å². The zero-order valence-electron chi connectivity index (χ0n) is 11.5. The maximum absolute atomic E-state index is 13.6. The van der Waals surface area contributed by atoms with Gasteiger partial charge in [-0.05, 0) is 37.1 Å². The molecule has 0 saturated heterocycles. The Morgan fingerprint density at radius 3 is 2.63 bits per heavy atom. The number of nitrogens with one attached hydrogen (secondary N) is 1. The number of halogens is 2. The standard InChI is InChI=1S/C15H19F2NO/c1-4-7-18-14(9(2)3)12-8-10-5-6-11(16)13(17)15(10)19-12/h5-6,8-9,14,18H,4,7H2,1-3H3. The Bertz CT molecular complexity index is 563. The van der Waals surface area contributed by atoms with Crippen LogP contribution in [0.15, 0.2) is 22.6 Å². The normalized spacial score (nSPS) is 13.4. The summed E-state index contributed by atoms with van der Waals surface area (Å²) in [5.41, 5.74) is -0.000974. The maximum atomic E-state index is 13.6. The first-order valence-electron chi connectivity index (χ1n) is 6.65. The zero-order chi connectivity index (χ0) is 14.0. The van der Waals surface area contributed by atoms with E-state index in [9.17, 15) is 8.78 Å². The molecule has 104 valence electrons. The van der Waals surface area contributed by atoms with Crippen molar-refractivity contribution in [2.45, 2.75) is 33.2 Å². The summed E-state index contributed by atoms with van der Waals surface area (Å²) >= 11 is 0. The molecule has 1 unspecified atom stereocenters. The third-order valence-corrected chi connectivity index (χ3v) is 3.19. The molecule has 1 atom stereocenters. The molecule has 0 amide bonds. The topological polar surface area (TPSA) is 25.2 Å². The van der Waals surface area contributed by atoms with Gasteiger partial charge >= 0.3 is 0 Å². The van der Waals surface area contributed by atoms with Gasteiger partial charge in [0.1, 0.15) is 5.76 Å². The van der Waals surface area contributed by atoms with Crippen LogP contribution < -0.4 is 5.32 Å². The van der Waals surface area contributed by atoms with Crippen LogP contribution in [0.3, 0.4) is 0 Å². The van der Waals surface area contributed by atoms with Crippen LogP contribution in [0.1, 0.15) is 39.0 Å². The second kappa shape index (κ2) is 5.70. The summed E-state index contributed by atoms with van der Waals surface area (Å²) in [7, 11) is 0. The van der Waals surface area contributed by atoms with Crippen molar-refractivity contribution in [2.24, 2.45) is 5.92 Å². The molecule has 0 bridgehead atoms. The van der Waals surface area contributed by atoms with Gasteiger partial charge in [-0.15, -0.1) is 0 Å². The lowest BCUT2D eigenvalue weighted by Gasteiger charge is -2.19. The van der Waals surface area contributed by atoms with Crippen LogP contribution in [0, 0.1) is 17.6 Å². The lowest BCUT2D eigenvalue weighted by molar-refractivity contribution is 0.348. The average Bonchev–Trinajstić information content (AvgIpc) is 2.78. The van der Waals surface area contributed by atoms with Crippen LogP contribution in [0.25, 0.3) is 11.0 Å². The molecule has 1 N–H and O–H groups in total. The van der Waals surface area contributed by atoms with Crippen molar-refractivity contribution in [1.82, 2.24) is 5.32 Å². The van der Waals surface area contributed by atoms with Gasteiger partial charge in [0, 0.05) is 5.39 Å². The van der Waals surface area contributed by atoms with Gasteiger partial charge in [0.25, 0.3) is 0 Å². The zero-order valence-corrected chi connectivity index (χ0v) is 11.5. The highest BCUT2D eigenvalue weighted by molar-refractivity contribution is 5.78. The van der Waals surface area contributed by atoms with Gasteiger partial charge < -0.3 is 9.73 Å². The molecule has 1 aromatic carbocycles. The highest BCUT2D eigenvalue weighted by Gasteiger charge is 2.21. The third-order valence-electron chi connectivity index (χ3n) is 3.19. The SMILES string of the molecule is CCCNC(c1cc2ccc(F)c(F)c2o1)C(C)C. The Morgan fingerprint density at radius 1 is 1.26 bits per heavy atom. The number of furan rings is 1. The number of fused-ring (bicyclic) bond motifs is 1. The van der Waals surface area contributed by atoms with E-state index in [2.05, 4.69) is 26.1 Å². The van der Waals surface area contributed by atoms with Crippen LogP contribution in [0.5, 0.6) is 0 Å². The van der Waals surface area contributed by atoms with Crippen molar-refractivity contribution < 1.29 is 13.2 Å². The second-order valence-electron chi connectivity index (χ2n) is 5.10. The van der Waals surface area contributed by atoms with Crippen LogP contribution in [-0.4, -0.2) is 6.54 Å². The van der Waals surface area contributed by atoms with Crippen molar-refractivity contribution in [3.05, 3.63) is 35.6 Å². The number of rotatable bonds is 5. The molecular weight excluding hydrogens is 248 g/mol. The van der Waals surface area contributed by atoms with Gasteiger partial charge in [-0.2, -0.15) is 4.39 Å². The summed E-state index contributed by atoms with van der Waals surface area (Å²) < 4.78 is 32.3. The Balaban J connectivity index is 2.40. The van der Waals surface area contributed by atoms with Gasteiger partial charge in [-0.25, -0.2) is 4.39 Å². The first-order chi connectivity index (χ1) is 9.04. The highest BCUT2D eigenvalue weighted by Crippen LogP contribution is 2.30. The molecular formula is C15H19F2NO. The smallest absolute Gasteiger partial charge is 0.201 e. The maximum Gasteiger partial charge on any atom is 0.201 e. The molecule has 0 aliphatic rings. The van der Waals surface area contributed by atoms with Crippen molar-refractivity contribution in [1.29, 1.82) is 0 Å². The van der Waals surface area contributed by atoms with Crippen molar-refractivity contribution in [3.63, 3.8) is 0 Å². The molecule has 0 fully saturated rings. The van der Waals surface area contributed by atoms with Crippen molar-refractivity contribution >= 4 is 11.0 Å². The highest BCUT2D eigenvalue weighted by atomic mass is 19.2. The molecule has 2 nitrogen and oxygen atoms in total. The Hall–Kier alpha value is -1.42. The van der Waals surface area contributed by atoms with Crippen molar-refractivity contribution in [3.8, 4) is 0 Å². The van der Waals surface area contributed by atoms with E-state index in [0.717, 1.165) is 19.0 Å². The van der Waals surface area contributed by atoms with Gasteiger partial charge in [-0.1, -0.05) is 20.8 Å². The molecule has 2 rings (SSSR count). The molecule has 0 saturated carbocycles. The van der Waals surface area contributed by atoms with Gasteiger partial charge in [0.2, 0.25) is 5.82 Å². The molecule has 0 radical (unpaired) electrons. The van der Waals surface area contributed by atoms with Gasteiger partial charge in [0.05, 0.1) is 6.04 Å². The van der Waals surface area contributed by atoms with E-state index in [4.69, 9.17) is 4.42 Å². The predicted molar refractivity (Wildman–Crippen MR) is 72.0 cm³/mol. The van der Waals surface area contributed by atoms with Crippen LogP contribution in [0.2, 0.25) is 0 Å². The lowest BCUT2D eigenvalue weighted by atomic mass is 10.0. The van der Waals surface area contributed by atoms with E-state index in [1.165, 1.54) is 6.07 Å². The lowest BCUT2D eigenvalue weighted by Crippen LogP contribution is -2.25. The molecule has 0 aliphatic heterocycles. The fourth-order valence-electron chi connectivity index (χ4n) is 2.18. The molecule has 2 aromatic rings. The minimum absolute atomic E-state index is 0.000974. The van der Waals surface area contributed by atoms with Crippen LogP contribution in [-0.2, 0) is 0 Å². The molecule has 1 aromatic heterocycles. The van der Waals surface area contributed by atoms with Gasteiger partial charge in [0.15, 0.2) is 11.4 Å². The number of benzene rings is 1. The fraction of sp³-hybridized carbons (Fsp3) is 0.467. The van der Waals surface area contributed by atoms with Gasteiger partial charge in [-0.3, -0.25) is 0 Å². The summed E-state index contributed by atoms with van der Waals surface area (Å²) in [5, 5.41) is 3.97. The number of hydrogen-bond acceptors (Lipinski definition) is 2. The van der Waals surface area contributed by atoms with Crippen LogP contribution >= 0.6 is 0 Å². The predicted octanol–water partition coefficient (Wildman–Crippen LogP) is 4.41. The van der Waals surface area contributed by atoms with E-state index < -0.39 is 11.6 Å². The molecule has 19 heavy (non-hydrogen) atoms. The largest absolute Gasteiger partial charge is 0.456 e. The summed E-state index contributed by atoms with van der Waals surface area (Å²) in [6, 6.07) is 4.46. The van der Waals surface area contributed by atoms with Crippen LogP contribution in [0.4, 0.5) is 8.78 Å². The quantitative estimate of drug-likeness (QED) is 0.868. The minimum Gasteiger partial charge on any atom is -0.456 e. The Kier molecular flexibility index (Phi) is 4.20. The summed E-state index contributed by atoms with van der Waals surface area (Å²) in [6.07, 6.45) is 1.01. The van der Waals surface area contributed by atoms with E-state index in [-0.39, 0.29) is 11.6 Å². The number of hydrogen-bond donors (Lipinski definition) is 1. The second-order valence-corrected chi connectivity index (χ2v) is 5.10. The van der Waals surface area contributed by atoms with E-state index in [1.807, 2.05) is 0 Å².